The lowest BCUT2D eigenvalue weighted by atomic mass is 9.98. The third kappa shape index (κ3) is 11.6. The van der Waals surface area contributed by atoms with E-state index in [4.69, 9.17) is 10.8 Å². The number of carbonyl (C=O) groups is 5. The van der Waals surface area contributed by atoms with Crippen molar-refractivity contribution in [1.29, 1.82) is 0 Å². The SMILES string of the molecule is CCC(C)C(NC(=O)C(CCC(=O)O)NC(=O)C(CCSC)NC(=O)C(N)Cc1ccccc1)C(=O)O. The Morgan fingerprint density at radius 3 is 2.03 bits per heavy atom. The van der Waals surface area contributed by atoms with Gasteiger partial charge in [0.05, 0.1) is 6.04 Å². The molecule has 0 aliphatic rings. The van der Waals surface area contributed by atoms with Crippen LogP contribution in [0.1, 0.15) is 45.1 Å². The van der Waals surface area contributed by atoms with Crippen LogP contribution in [0.25, 0.3) is 0 Å². The summed E-state index contributed by atoms with van der Waals surface area (Å²) in [6.45, 7) is 3.44. The van der Waals surface area contributed by atoms with Gasteiger partial charge in [-0.15, -0.1) is 0 Å². The first-order chi connectivity index (χ1) is 17.5. The molecule has 0 aliphatic heterocycles. The maximum Gasteiger partial charge on any atom is 0.326 e. The monoisotopic (exact) mass is 538 g/mol. The van der Waals surface area contributed by atoms with E-state index in [1.54, 1.807) is 13.8 Å². The van der Waals surface area contributed by atoms with Crippen molar-refractivity contribution in [1.82, 2.24) is 16.0 Å². The zero-order valence-corrected chi connectivity index (χ0v) is 22.3. The molecule has 37 heavy (non-hydrogen) atoms. The van der Waals surface area contributed by atoms with Crippen molar-refractivity contribution < 1.29 is 34.2 Å². The molecule has 0 heterocycles. The van der Waals surface area contributed by atoms with Gasteiger partial charge in [0.15, 0.2) is 0 Å². The summed E-state index contributed by atoms with van der Waals surface area (Å²) in [5, 5.41) is 26.1. The standard InChI is InChI=1S/C25H38N4O7S/c1-4-15(2)21(25(35)36)29-24(34)18(10-11-20(30)31)28-23(33)19(12-13-37-3)27-22(32)17(26)14-16-8-6-5-7-9-16/h5-9,15,17-19,21H,4,10-14,26H2,1-3H3,(H,27,32)(H,28,33)(H,29,34)(H,30,31)(H,35,36). The molecule has 0 fully saturated rings. The van der Waals surface area contributed by atoms with Crippen molar-refractivity contribution in [2.24, 2.45) is 11.7 Å². The molecule has 5 atom stereocenters. The highest BCUT2D eigenvalue weighted by Crippen LogP contribution is 2.10. The zero-order chi connectivity index (χ0) is 28.0. The number of carbonyl (C=O) groups excluding carboxylic acids is 3. The molecule has 7 N–H and O–H groups in total. The summed E-state index contributed by atoms with van der Waals surface area (Å²) >= 11 is 1.46. The number of benzene rings is 1. The van der Waals surface area contributed by atoms with Gasteiger partial charge in [0.2, 0.25) is 17.7 Å². The Hall–Kier alpha value is -3.12. The van der Waals surface area contributed by atoms with Gasteiger partial charge >= 0.3 is 11.9 Å². The van der Waals surface area contributed by atoms with Gasteiger partial charge in [0, 0.05) is 6.42 Å². The van der Waals surface area contributed by atoms with E-state index in [1.165, 1.54) is 11.8 Å². The fourth-order valence-electron chi connectivity index (χ4n) is 3.49. The molecule has 0 bridgehead atoms. The number of aliphatic carboxylic acids is 2. The minimum atomic E-state index is -1.30. The predicted molar refractivity (Wildman–Crippen MR) is 141 cm³/mol. The zero-order valence-electron chi connectivity index (χ0n) is 21.4. The molecule has 1 aromatic rings. The van der Waals surface area contributed by atoms with E-state index in [2.05, 4.69) is 16.0 Å². The van der Waals surface area contributed by atoms with Crippen molar-refractivity contribution in [2.45, 2.75) is 70.1 Å². The molecular formula is C25H38N4O7S. The van der Waals surface area contributed by atoms with Crippen LogP contribution in [0.3, 0.4) is 0 Å². The molecule has 11 nitrogen and oxygen atoms in total. The van der Waals surface area contributed by atoms with E-state index in [0.29, 0.717) is 12.2 Å². The fraction of sp³-hybridized carbons (Fsp3) is 0.560. The van der Waals surface area contributed by atoms with Crippen LogP contribution in [0.2, 0.25) is 0 Å². The van der Waals surface area contributed by atoms with Gasteiger partial charge in [-0.3, -0.25) is 19.2 Å². The Morgan fingerprint density at radius 2 is 1.49 bits per heavy atom. The molecule has 206 valence electrons. The number of hydrogen-bond donors (Lipinski definition) is 6. The molecule has 0 saturated heterocycles. The second-order valence-corrected chi connectivity index (χ2v) is 9.83. The van der Waals surface area contributed by atoms with Crippen LogP contribution in [0.4, 0.5) is 0 Å². The normalized spacial score (nSPS) is 14.9. The molecule has 1 aromatic carbocycles. The number of amides is 3. The first-order valence-electron chi connectivity index (χ1n) is 12.1. The van der Waals surface area contributed by atoms with Gasteiger partial charge in [-0.05, 0) is 42.8 Å². The topological polar surface area (TPSA) is 188 Å². The quantitative estimate of drug-likeness (QED) is 0.166. The molecule has 12 heteroatoms. The highest BCUT2D eigenvalue weighted by molar-refractivity contribution is 7.98. The third-order valence-electron chi connectivity index (χ3n) is 5.94. The van der Waals surface area contributed by atoms with E-state index in [-0.39, 0.29) is 19.3 Å². The van der Waals surface area contributed by atoms with Crippen LogP contribution >= 0.6 is 11.8 Å². The number of nitrogens with two attached hydrogens (primary N) is 1. The summed E-state index contributed by atoms with van der Waals surface area (Å²) in [4.78, 5) is 61.5. The molecule has 1 rings (SSSR count). The smallest absolute Gasteiger partial charge is 0.326 e. The third-order valence-corrected chi connectivity index (χ3v) is 6.58. The van der Waals surface area contributed by atoms with Gasteiger partial charge in [-0.1, -0.05) is 50.6 Å². The Labute approximate surface area is 221 Å². The van der Waals surface area contributed by atoms with E-state index < -0.39 is 66.2 Å². The number of carboxylic acids is 2. The summed E-state index contributed by atoms with van der Waals surface area (Å²) in [5.41, 5.74) is 6.90. The minimum Gasteiger partial charge on any atom is -0.481 e. The molecule has 3 amide bonds. The van der Waals surface area contributed by atoms with Crippen LogP contribution in [0.15, 0.2) is 30.3 Å². The summed E-state index contributed by atoms with van der Waals surface area (Å²) in [6.07, 6.45) is 2.14. The Morgan fingerprint density at radius 1 is 0.919 bits per heavy atom. The van der Waals surface area contributed by atoms with E-state index in [9.17, 15) is 29.1 Å². The maximum atomic E-state index is 13.1. The molecular weight excluding hydrogens is 500 g/mol. The van der Waals surface area contributed by atoms with E-state index >= 15 is 0 Å². The molecule has 5 unspecified atom stereocenters. The second-order valence-electron chi connectivity index (χ2n) is 8.84. The average Bonchev–Trinajstić information content (AvgIpc) is 2.86. The van der Waals surface area contributed by atoms with Crippen LogP contribution in [0, 0.1) is 5.92 Å². The molecule has 0 spiro atoms. The van der Waals surface area contributed by atoms with Crippen LogP contribution < -0.4 is 21.7 Å². The largest absolute Gasteiger partial charge is 0.481 e. The van der Waals surface area contributed by atoms with Crippen LogP contribution in [-0.2, 0) is 30.4 Å². The average molecular weight is 539 g/mol. The highest BCUT2D eigenvalue weighted by Gasteiger charge is 2.32. The van der Waals surface area contributed by atoms with Gasteiger partial charge < -0.3 is 31.9 Å². The lowest BCUT2D eigenvalue weighted by molar-refractivity contribution is -0.144. The van der Waals surface area contributed by atoms with Crippen molar-refractivity contribution in [3.05, 3.63) is 35.9 Å². The number of thioether (sulfide) groups is 1. The van der Waals surface area contributed by atoms with Gasteiger partial charge in [0.25, 0.3) is 0 Å². The molecule has 0 radical (unpaired) electrons. The van der Waals surface area contributed by atoms with Crippen molar-refractivity contribution in [3.63, 3.8) is 0 Å². The summed E-state index contributed by atoms with van der Waals surface area (Å²) in [5.74, 6) is -4.32. The summed E-state index contributed by atoms with van der Waals surface area (Å²) in [7, 11) is 0. The number of hydrogen-bond acceptors (Lipinski definition) is 7. The number of rotatable bonds is 17. The van der Waals surface area contributed by atoms with E-state index in [0.717, 1.165) is 5.56 Å². The van der Waals surface area contributed by atoms with E-state index in [1.807, 2.05) is 36.6 Å². The molecule has 0 aromatic heterocycles. The van der Waals surface area contributed by atoms with Crippen LogP contribution in [0.5, 0.6) is 0 Å². The first-order valence-corrected chi connectivity index (χ1v) is 13.5. The Bertz CT molecular complexity index is 916. The first kappa shape index (κ1) is 31.9. The predicted octanol–water partition coefficient (Wildman–Crippen LogP) is 0.759. The van der Waals surface area contributed by atoms with Crippen LogP contribution in [-0.4, -0.2) is 76.0 Å². The Balaban J connectivity index is 2.99. The Kier molecular flexibility index (Phi) is 14.3. The lowest BCUT2D eigenvalue weighted by Gasteiger charge is -2.26. The summed E-state index contributed by atoms with van der Waals surface area (Å²) < 4.78 is 0. The maximum absolute atomic E-state index is 13.1. The van der Waals surface area contributed by atoms with Gasteiger partial charge in [-0.25, -0.2) is 4.79 Å². The highest BCUT2D eigenvalue weighted by atomic mass is 32.2. The summed E-state index contributed by atoms with van der Waals surface area (Å²) in [6, 6.07) is 4.72. The second kappa shape index (κ2) is 16.6. The van der Waals surface area contributed by atoms with Crippen molar-refractivity contribution in [3.8, 4) is 0 Å². The van der Waals surface area contributed by atoms with Gasteiger partial charge in [0.1, 0.15) is 18.1 Å². The minimum absolute atomic E-state index is 0.245. The molecule has 0 aliphatic carbocycles. The van der Waals surface area contributed by atoms with Gasteiger partial charge in [-0.2, -0.15) is 11.8 Å². The number of carboxylic acid groups (broad SMARTS) is 2. The number of nitrogens with one attached hydrogen (secondary N) is 3. The van der Waals surface area contributed by atoms with Crippen molar-refractivity contribution in [2.75, 3.05) is 12.0 Å². The van der Waals surface area contributed by atoms with Crippen molar-refractivity contribution >= 4 is 41.4 Å². The molecule has 0 saturated carbocycles. The fourth-order valence-corrected chi connectivity index (χ4v) is 3.96. The lowest BCUT2D eigenvalue weighted by Crippen LogP contribution is -2.58.